The first kappa shape index (κ1) is 22.8. The SMILES string of the molecule is CCC(=O)NCCCC[C@@H](C(=O)OC)N(CC(=O)OC)CC(=O)OC. The molecule has 0 bridgehead atoms. The van der Waals surface area contributed by atoms with Crippen LogP contribution in [-0.2, 0) is 33.4 Å². The molecule has 0 spiro atoms. The summed E-state index contributed by atoms with van der Waals surface area (Å²) in [6, 6.07) is -0.787. The van der Waals surface area contributed by atoms with Gasteiger partial charge in [0.2, 0.25) is 5.91 Å². The third-order valence-corrected chi connectivity index (χ3v) is 3.58. The molecule has 0 saturated carbocycles. The standard InChI is InChI=1S/C16H28N2O7/c1-5-13(19)17-9-7-6-8-12(16(22)25-4)18(10-14(20)23-2)11-15(21)24-3/h12H,5-11H2,1-4H3,(H,17,19)/t12-/m0/s1. The second-order valence-electron chi connectivity index (χ2n) is 5.30. The van der Waals surface area contributed by atoms with Crippen molar-refractivity contribution in [2.24, 2.45) is 0 Å². The maximum Gasteiger partial charge on any atom is 0.323 e. The Bertz CT molecular complexity index is 436. The molecule has 9 nitrogen and oxygen atoms in total. The van der Waals surface area contributed by atoms with E-state index < -0.39 is 23.9 Å². The van der Waals surface area contributed by atoms with E-state index in [1.807, 2.05) is 0 Å². The normalized spacial score (nSPS) is 11.6. The molecule has 144 valence electrons. The number of amides is 1. The van der Waals surface area contributed by atoms with Gasteiger partial charge in [0, 0.05) is 13.0 Å². The third kappa shape index (κ3) is 9.65. The van der Waals surface area contributed by atoms with Gasteiger partial charge in [0.1, 0.15) is 6.04 Å². The summed E-state index contributed by atoms with van der Waals surface area (Å²) >= 11 is 0. The summed E-state index contributed by atoms with van der Waals surface area (Å²) in [5.74, 6) is -1.74. The van der Waals surface area contributed by atoms with Gasteiger partial charge in [0.25, 0.3) is 0 Å². The van der Waals surface area contributed by atoms with Crippen molar-refractivity contribution in [1.29, 1.82) is 0 Å². The van der Waals surface area contributed by atoms with Gasteiger partial charge in [-0.15, -0.1) is 0 Å². The summed E-state index contributed by atoms with van der Waals surface area (Å²) in [6.45, 7) is 1.78. The van der Waals surface area contributed by atoms with E-state index in [1.165, 1.54) is 26.2 Å². The molecule has 0 unspecified atom stereocenters. The Kier molecular flexibility index (Phi) is 12.0. The van der Waals surface area contributed by atoms with E-state index in [-0.39, 0.29) is 19.0 Å². The minimum absolute atomic E-state index is 0.0393. The Morgan fingerprint density at radius 3 is 1.92 bits per heavy atom. The summed E-state index contributed by atoms with van der Waals surface area (Å²) in [7, 11) is 3.69. The van der Waals surface area contributed by atoms with Crippen LogP contribution in [0.2, 0.25) is 0 Å². The molecule has 1 amide bonds. The number of methoxy groups -OCH3 is 3. The van der Waals surface area contributed by atoms with Crippen LogP contribution in [0, 0.1) is 0 Å². The number of esters is 3. The number of hydrogen-bond donors (Lipinski definition) is 1. The quantitative estimate of drug-likeness (QED) is 0.291. The number of unbranched alkanes of at least 4 members (excludes halogenated alkanes) is 1. The Morgan fingerprint density at radius 1 is 0.920 bits per heavy atom. The molecule has 0 aromatic rings. The Hall–Kier alpha value is -2.16. The zero-order valence-corrected chi connectivity index (χ0v) is 15.3. The zero-order valence-electron chi connectivity index (χ0n) is 15.3. The van der Waals surface area contributed by atoms with E-state index in [2.05, 4.69) is 14.8 Å². The largest absolute Gasteiger partial charge is 0.468 e. The Labute approximate surface area is 148 Å². The smallest absolute Gasteiger partial charge is 0.323 e. The molecule has 25 heavy (non-hydrogen) atoms. The fourth-order valence-electron chi connectivity index (χ4n) is 2.14. The molecule has 0 fully saturated rings. The molecular formula is C16H28N2O7. The monoisotopic (exact) mass is 360 g/mol. The van der Waals surface area contributed by atoms with E-state index in [4.69, 9.17) is 4.74 Å². The van der Waals surface area contributed by atoms with Crippen molar-refractivity contribution in [1.82, 2.24) is 10.2 Å². The maximum atomic E-state index is 12.1. The lowest BCUT2D eigenvalue weighted by atomic mass is 10.1. The van der Waals surface area contributed by atoms with E-state index in [0.29, 0.717) is 32.2 Å². The van der Waals surface area contributed by atoms with Gasteiger partial charge in [0.05, 0.1) is 34.4 Å². The zero-order chi connectivity index (χ0) is 19.2. The Morgan fingerprint density at radius 2 is 1.48 bits per heavy atom. The molecule has 0 aromatic carbocycles. The highest BCUT2D eigenvalue weighted by Crippen LogP contribution is 2.11. The number of rotatable bonds is 12. The third-order valence-electron chi connectivity index (χ3n) is 3.58. The number of nitrogens with one attached hydrogen (secondary N) is 1. The molecule has 0 radical (unpaired) electrons. The topological polar surface area (TPSA) is 111 Å². The van der Waals surface area contributed by atoms with Crippen molar-refractivity contribution >= 4 is 23.8 Å². The molecule has 0 aromatic heterocycles. The second-order valence-corrected chi connectivity index (χ2v) is 5.30. The minimum Gasteiger partial charge on any atom is -0.468 e. The number of ether oxygens (including phenoxy) is 3. The fraction of sp³-hybridized carbons (Fsp3) is 0.750. The predicted molar refractivity (Wildman–Crippen MR) is 88.6 cm³/mol. The molecule has 9 heteroatoms. The summed E-state index contributed by atoms with van der Waals surface area (Å²) < 4.78 is 14.0. The van der Waals surface area contributed by atoms with Crippen LogP contribution in [0.25, 0.3) is 0 Å². The number of carbonyl (C=O) groups excluding carboxylic acids is 4. The second kappa shape index (κ2) is 13.2. The van der Waals surface area contributed by atoms with Gasteiger partial charge in [-0.25, -0.2) is 0 Å². The van der Waals surface area contributed by atoms with Crippen LogP contribution >= 0.6 is 0 Å². The van der Waals surface area contributed by atoms with Crippen molar-refractivity contribution in [3.63, 3.8) is 0 Å². The van der Waals surface area contributed by atoms with Crippen molar-refractivity contribution < 1.29 is 33.4 Å². The van der Waals surface area contributed by atoms with Gasteiger partial charge in [-0.3, -0.25) is 24.1 Å². The van der Waals surface area contributed by atoms with Crippen LogP contribution in [-0.4, -0.2) is 75.7 Å². The number of carbonyl (C=O) groups is 4. The van der Waals surface area contributed by atoms with Crippen LogP contribution in [0.4, 0.5) is 0 Å². The fourth-order valence-corrected chi connectivity index (χ4v) is 2.14. The van der Waals surface area contributed by atoms with E-state index in [9.17, 15) is 19.2 Å². The predicted octanol–water partition coefficient (Wildman–Crippen LogP) is -0.127. The van der Waals surface area contributed by atoms with E-state index in [0.717, 1.165) is 0 Å². The first-order valence-electron chi connectivity index (χ1n) is 8.11. The number of hydrogen-bond acceptors (Lipinski definition) is 8. The highest BCUT2D eigenvalue weighted by molar-refractivity contribution is 5.80. The lowest BCUT2D eigenvalue weighted by Crippen LogP contribution is -2.47. The van der Waals surface area contributed by atoms with Gasteiger partial charge in [0.15, 0.2) is 0 Å². The lowest BCUT2D eigenvalue weighted by molar-refractivity contribution is -0.153. The molecule has 0 aliphatic rings. The average molecular weight is 360 g/mol. The van der Waals surface area contributed by atoms with Crippen molar-refractivity contribution in [3.05, 3.63) is 0 Å². The van der Waals surface area contributed by atoms with Gasteiger partial charge in [-0.1, -0.05) is 6.92 Å². The van der Waals surface area contributed by atoms with Crippen LogP contribution in [0.5, 0.6) is 0 Å². The van der Waals surface area contributed by atoms with Gasteiger partial charge >= 0.3 is 17.9 Å². The van der Waals surface area contributed by atoms with Crippen molar-refractivity contribution in [2.45, 2.75) is 38.6 Å². The first-order chi connectivity index (χ1) is 11.9. The van der Waals surface area contributed by atoms with Gasteiger partial charge in [-0.2, -0.15) is 0 Å². The minimum atomic E-state index is -0.787. The van der Waals surface area contributed by atoms with Crippen molar-refractivity contribution in [3.8, 4) is 0 Å². The van der Waals surface area contributed by atoms with Crippen LogP contribution in [0.3, 0.4) is 0 Å². The Balaban J connectivity index is 4.82. The highest BCUT2D eigenvalue weighted by atomic mass is 16.5. The molecule has 0 heterocycles. The van der Waals surface area contributed by atoms with Crippen LogP contribution in [0.15, 0.2) is 0 Å². The molecule has 1 N–H and O–H groups in total. The number of nitrogens with zero attached hydrogens (tertiary/aromatic N) is 1. The molecular weight excluding hydrogens is 332 g/mol. The highest BCUT2D eigenvalue weighted by Gasteiger charge is 2.30. The van der Waals surface area contributed by atoms with Crippen LogP contribution < -0.4 is 5.32 Å². The van der Waals surface area contributed by atoms with Crippen LogP contribution in [0.1, 0.15) is 32.6 Å². The summed E-state index contributed by atoms with van der Waals surface area (Å²) in [4.78, 5) is 47.8. The molecule has 1 atom stereocenters. The summed E-state index contributed by atoms with van der Waals surface area (Å²) in [6.07, 6.45) is 2.03. The lowest BCUT2D eigenvalue weighted by Gasteiger charge is -2.27. The van der Waals surface area contributed by atoms with Gasteiger partial charge < -0.3 is 19.5 Å². The van der Waals surface area contributed by atoms with Crippen molar-refractivity contribution in [2.75, 3.05) is 41.0 Å². The van der Waals surface area contributed by atoms with E-state index >= 15 is 0 Å². The first-order valence-corrected chi connectivity index (χ1v) is 8.11. The molecule has 0 saturated heterocycles. The average Bonchev–Trinajstić information content (AvgIpc) is 2.62. The summed E-state index contributed by atoms with van der Waals surface area (Å²) in [5, 5.41) is 2.74. The maximum absolute atomic E-state index is 12.1. The van der Waals surface area contributed by atoms with Gasteiger partial charge in [-0.05, 0) is 19.3 Å². The van der Waals surface area contributed by atoms with E-state index in [1.54, 1.807) is 6.92 Å². The molecule has 0 rings (SSSR count). The molecule has 0 aliphatic carbocycles. The summed E-state index contributed by atoms with van der Waals surface area (Å²) in [5.41, 5.74) is 0. The molecule has 0 aliphatic heterocycles.